The molecule has 0 aromatic heterocycles. The Kier molecular flexibility index (Phi) is 8.51. The molecule has 7 nitrogen and oxygen atoms in total. The number of carbonyl (C=O) groups excluding carboxylic acids is 1. The number of benzene rings is 1. The summed E-state index contributed by atoms with van der Waals surface area (Å²) < 4.78 is 10.8. The molecule has 1 aliphatic heterocycles. The molecule has 3 N–H and O–H groups in total. The molecule has 1 aromatic rings. The van der Waals surface area contributed by atoms with Gasteiger partial charge in [0.1, 0.15) is 6.10 Å². The number of anilines is 1. The number of hydrogen-bond donors (Lipinski definition) is 3. The molecule has 0 radical (unpaired) electrons. The Labute approximate surface area is 180 Å². The van der Waals surface area contributed by atoms with Gasteiger partial charge in [-0.25, -0.2) is 4.99 Å². The number of nitrogens with zero attached hydrogens (tertiary/aromatic N) is 1. The molecule has 1 unspecified atom stereocenters. The Bertz CT molecular complexity index is 712. The van der Waals surface area contributed by atoms with Crippen LogP contribution in [0.15, 0.2) is 29.3 Å². The van der Waals surface area contributed by atoms with Gasteiger partial charge in [-0.05, 0) is 62.1 Å². The van der Waals surface area contributed by atoms with E-state index in [2.05, 4.69) is 22.9 Å². The van der Waals surface area contributed by atoms with Gasteiger partial charge in [0.15, 0.2) is 5.96 Å². The van der Waals surface area contributed by atoms with Crippen molar-refractivity contribution in [1.29, 1.82) is 0 Å². The van der Waals surface area contributed by atoms with Gasteiger partial charge in [-0.1, -0.05) is 18.6 Å². The molecule has 3 rings (SSSR count). The Balaban J connectivity index is 1.55. The lowest BCUT2D eigenvalue weighted by Gasteiger charge is -2.42. The van der Waals surface area contributed by atoms with Crippen LogP contribution in [0.3, 0.4) is 0 Å². The molecule has 1 atom stereocenters. The molecule has 1 saturated carbocycles. The van der Waals surface area contributed by atoms with Gasteiger partial charge in [0.25, 0.3) is 5.91 Å². The van der Waals surface area contributed by atoms with E-state index in [1.54, 1.807) is 7.11 Å². The summed E-state index contributed by atoms with van der Waals surface area (Å²) in [6.07, 6.45) is 6.28. The molecule has 2 aliphatic rings. The van der Waals surface area contributed by atoms with E-state index in [9.17, 15) is 4.79 Å². The zero-order valence-electron chi connectivity index (χ0n) is 18.3. The van der Waals surface area contributed by atoms with Gasteiger partial charge in [-0.2, -0.15) is 0 Å². The zero-order valence-corrected chi connectivity index (χ0v) is 18.3. The van der Waals surface area contributed by atoms with Gasteiger partial charge in [-0.15, -0.1) is 0 Å². The van der Waals surface area contributed by atoms with Crippen LogP contribution in [0, 0.1) is 5.41 Å². The number of ether oxygens (including phenoxy) is 2. The number of methoxy groups -OCH3 is 1. The van der Waals surface area contributed by atoms with E-state index in [-0.39, 0.29) is 12.0 Å². The van der Waals surface area contributed by atoms with Crippen LogP contribution in [0.25, 0.3) is 0 Å². The second kappa shape index (κ2) is 11.3. The molecule has 30 heavy (non-hydrogen) atoms. The van der Waals surface area contributed by atoms with Crippen molar-refractivity contribution in [2.45, 2.75) is 58.1 Å². The van der Waals surface area contributed by atoms with Crippen molar-refractivity contribution in [3.63, 3.8) is 0 Å². The lowest BCUT2D eigenvalue weighted by molar-refractivity contribution is -0.124. The van der Waals surface area contributed by atoms with Gasteiger partial charge >= 0.3 is 0 Å². The third-order valence-corrected chi connectivity index (χ3v) is 6.06. The highest BCUT2D eigenvalue weighted by molar-refractivity contribution is 5.94. The Hall–Kier alpha value is -2.12. The second-order valence-electron chi connectivity index (χ2n) is 8.34. The fourth-order valence-corrected chi connectivity index (χ4v) is 4.05. The zero-order chi connectivity index (χ0) is 21.2. The van der Waals surface area contributed by atoms with Crippen molar-refractivity contribution < 1.29 is 14.3 Å². The third-order valence-electron chi connectivity index (χ3n) is 6.06. The summed E-state index contributed by atoms with van der Waals surface area (Å²) in [4.78, 5) is 17.0. The van der Waals surface area contributed by atoms with Crippen molar-refractivity contribution in [1.82, 2.24) is 10.6 Å². The van der Waals surface area contributed by atoms with Crippen LogP contribution in [0.4, 0.5) is 5.69 Å². The minimum absolute atomic E-state index is 0.0648. The van der Waals surface area contributed by atoms with Crippen molar-refractivity contribution in [3.8, 4) is 0 Å². The predicted molar refractivity (Wildman–Crippen MR) is 120 cm³/mol. The molecule has 1 aliphatic carbocycles. The Morgan fingerprint density at radius 2 is 2.17 bits per heavy atom. The molecule has 0 bridgehead atoms. The summed E-state index contributed by atoms with van der Waals surface area (Å²) in [5.41, 5.74) is 2.17. The summed E-state index contributed by atoms with van der Waals surface area (Å²) in [5, 5.41) is 9.82. The average Bonchev–Trinajstić information content (AvgIpc) is 3.26. The Morgan fingerprint density at radius 3 is 2.83 bits per heavy atom. The van der Waals surface area contributed by atoms with E-state index >= 15 is 0 Å². The van der Waals surface area contributed by atoms with Crippen molar-refractivity contribution in [2.24, 2.45) is 10.4 Å². The molecule has 1 saturated heterocycles. The van der Waals surface area contributed by atoms with Gasteiger partial charge in [0.05, 0.1) is 6.54 Å². The maximum Gasteiger partial charge on any atom is 0.253 e. The van der Waals surface area contributed by atoms with E-state index in [4.69, 9.17) is 14.5 Å². The number of guanidine groups is 1. The van der Waals surface area contributed by atoms with Crippen LogP contribution in [-0.4, -0.2) is 51.4 Å². The highest BCUT2D eigenvalue weighted by Gasteiger charge is 2.36. The van der Waals surface area contributed by atoms with E-state index in [1.165, 1.54) is 19.3 Å². The molecule has 1 amide bonds. The fraction of sp³-hybridized carbons (Fsp3) is 0.652. The Morgan fingerprint density at radius 1 is 1.30 bits per heavy atom. The predicted octanol–water partition coefficient (Wildman–Crippen LogP) is 3.07. The summed E-state index contributed by atoms with van der Waals surface area (Å²) >= 11 is 0. The second-order valence-corrected chi connectivity index (χ2v) is 8.34. The third kappa shape index (κ3) is 6.44. The van der Waals surface area contributed by atoms with Gasteiger partial charge in [0, 0.05) is 39.1 Å². The van der Waals surface area contributed by atoms with Crippen molar-refractivity contribution in [2.75, 3.05) is 38.7 Å². The molecule has 1 heterocycles. The normalized spacial score (nSPS) is 20.5. The topological polar surface area (TPSA) is 84.0 Å². The number of carbonyl (C=O) groups is 1. The lowest BCUT2D eigenvalue weighted by atomic mass is 9.67. The molecule has 2 fully saturated rings. The first-order valence-corrected chi connectivity index (χ1v) is 11.2. The quantitative estimate of drug-likeness (QED) is 0.403. The first kappa shape index (κ1) is 22.6. The minimum atomic E-state index is -0.326. The van der Waals surface area contributed by atoms with Crippen LogP contribution in [0.5, 0.6) is 0 Å². The van der Waals surface area contributed by atoms with Crippen LogP contribution in [0.1, 0.15) is 51.0 Å². The molecule has 0 spiro atoms. The number of nitrogens with one attached hydrogen (secondary N) is 3. The molecule has 1 aromatic carbocycles. The summed E-state index contributed by atoms with van der Waals surface area (Å²) in [6, 6.07) is 7.86. The van der Waals surface area contributed by atoms with Crippen LogP contribution in [0.2, 0.25) is 0 Å². The van der Waals surface area contributed by atoms with Crippen LogP contribution < -0.4 is 16.0 Å². The first-order chi connectivity index (χ1) is 14.6. The molecule has 7 heteroatoms. The van der Waals surface area contributed by atoms with Crippen molar-refractivity contribution in [3.05, 3.63) is 29.8 Å². The highest BCUT2D eigenvalue weighted by atomic mass is 16.5. The fourth-order valence-electron chi connectivity index (χ4n) is 4.05. The number of amides is 1. The molecule has 166 valence electrons. The standard InChI is InChI=1S/C23H36N4O3/c1-3-24-22(26-17-23(10-6-11-23)12-14-29-2)25-16-18-7-4-8-19(15-18)27-21(28)20-9-5-13-30-20/h4,7-8,15,20H,3,5-6,9-14,16-17H2,1-2H3,(H,27,28)(H2,24,25,26). The minimum Gasteiger partial charge on any atom is -0.385 e. The van der Waals surface area contributed by atoms with Crippen LogP contribution >= 0.6 is 0 Å². The highest BCUT2D eigenvalue weighted by Crippen LogP contribution is 2.43. The number of rotatable bonds is 10. The summed E-state index contributed by atoms with van der Waals surface area (Å²) in [6.45, 7) is 5.82. The summed E-state index contributed by atoms with van der Waals surface area (Å²) in [7, 11) is 1.77. The monoisotopic (exact) mass is 416 g/mol. The smallest absolute Gasteiger partial charge is 0.253 e. The SMILES string of the molecule is CCNC(=NCc1cccc(NC(=O)C2CCCO2)c1)NCC1(CCOC)CCC1. The van der Waals surface area contributed by atoms with Crippen LogP contribution in [-0.2, 0) is 20.8 Å². The first-order valence-electron chi connectivity index (χ1n) is 11.2. The van der Waals surface area contributed by atoms with E-state index < -0.39 is 0 Å². The number of hydrogen-bond acceptors (Lipinski definition) is 4. The largest absolute Gasteiger partial charge is 0.385 e. The maximum absolute atomic E-state index is 12.3. The molecular formula is C23H36N4O3. The molecular weight excluding hydrogens is 380 g/mol. The van der Waals surface area contributed by atoms with Crippen molar-refractivity contribution >= 4 is 17.6 Å². The van der Waals surface area contributed by atoms with Gasteiger partial charge < -0.3 is 25.4 Å². The maximum atomic E-state index is 12.3. The van der Waals surface area contributed by atoms with E-state index in [0.717, 1.165) is 56.2 Å². The van der Waals surface area contributed by atoms with E-state index in [1.807, 2.05) is 24.3 Å². The summed E-state index contributed by atoms with van der Waals surface area (Å²) in [5.74, 6) is 0.764. The van der Waals surface area contributed by atoms with Gasteiger partial charge in [-0.3, -0.25) is 4.79 Å². The van der Waals surface area contributed by atoms with E-state index in [0.29, 0.717) is 18.6 Å². The lowest BCUT2D eigenvalue weighted by Crippen LogP contribution is -2.46. The average molecular weight is 417 g/mol. The van der Waals surface area contributed by atoms with Gasteiger partial charge in [0.2, 0.25) is 0 Å². The number of aliphatic imine (C=N–C) groups is 1.